The molecule has 5 aliphatic rings. The van der Waals surface area contributed by atoms with E-state index in [1.54, 1.807) is 0 Å². The summed E-state index contributed by atoms with van der Waals surface area (Å²) in [4.78, 5) is 18.5. The van der Waals surface area contributed by atoms with Gasteiger partial charge in [0.25, 0.3) is 0 Å². The SMILES string of the molecule is CN(C(=O)CCc1ccccc1)[C@H]1C[C@@]23CCN(CC4CC4)[C@H]4CC[C@@H]1C[C@]42Cc1ccc(O)cc13.Cl. The number of nitrogens with zero attached hydrogens (tertiary/aromatic N) is 2. The standard InChI is InChI=1S/C32H40N2O2.ClH/c1-33(30(36)14-9-22-5-3-2-4-6-22)28-20-31-15-16-34(21-23-7-8-23)29-13-11-25(28)19-32(29,31)18-24-10-12-26(35)17-27(24)31;/h2-6,10,12,17,23,25,28-29,35H,7-9,11,13-16,18-21H2,1H3;1H/t25-,28+,29+,31-,32-;/m1./s1. The first kappa shape index (κ1) is 25.2. The first-order chi connectivity index (χ1) is 17.5. The molecule has 4 nitrogen and oxygen atoms in total. The minimum absolute atomic E-state index is 0. The van der Waals surface area contributed by atoms with Crippen molar-refractivity contribution in [3.8, 4) is 5.75 Å². The summed E-state index contributed by atoms with van der Waals surface area (Å²) in [7, 11) is 2.08. The fourth-order valence-electron chi connectivity index (χ4n) is 9.23. The van der Waals surface area contributed by atoms with E-state index in [1.165, 1.54) is 68.3 Å². The van der Waals surface area contributed by atoms with Crippen molar-refractivity contribution in [2.75, 3.05) is 20.1 Å². The number of rotatable bonds is 6. The zero-order chi connectivity index (χ0) is 24.5. The molecule has 5 atom stereocenters. The fourth-order valence-corrected chi connectivity index (χ4v) is 9.23. The average molecular weight is 521 g/mol. The van der Waals surface area contributed by atoms with Crippen LogP contribution in [0.5, 0.6) is 5.75 Å². The molecule has 1 heterocycles. The van der Waals surface area contributed by atoms with Gasteiger partial charge in [0, 0.05) is 42.9 Å². The molecule has 198 valence electrons. The number of fused-ring (bicyclic) bond motifs is 2. The normalized spacial score (nSPS) is 33.7. The lowest BCUT2D eigenvalue weighted by atomic mass is 9.44. The Bertz CT molecular complexity index is 1170. The van der Waals surface area contributed by atoms with E-state index in [-0.39, 0.29) is 29.1 Å². The Morgan fingerprint density at radius 1 is 1.08 bits per heavy atom. The Morgan fingerprint density at radius 2 is 1.89 bits per heavy atom. The molecular formula is C32H41ClN2O2. The topological polar surface area (TPSA) is 43.8 Å². The largest absolute Gasteiger partial charge is 0.508 e. The number of carbonyl (C=O) groups excluding carboxylic acids is 1. The van der Waals surface area contributed by atoms with Crippen LogP contribution in [0.1, 0.15) is 68.1 Å². The second-order valence-electron chi connectivity index (χ2n) is 12.8. The molecule has 0 radical (unpaired) electrons. The number of likely N-dealkylation sites (tertiary alicyclic amines) is 1. The molecule has 2 aromatic carbocycles. The van der Waals surface area contributed by atoms with Crippen LogP contribution < -0.4 is 0 Å². The van der Waals surface area contributed by atoms with Gasteiger partial charge < -0.3 is 10.0 Å². The number of hydrogen-bond donors (Lipinski definition) is 1. The average Bonchev–Trinajstić information content (AvgIpc) is 3.67. The monoisotopic (exact) mass is 520 g/mol. The van der Waals surface area contributed by atoms with Gasteiger partial charge in [-0.15, -0.1) is 12.4 Å². The zero-order valence-corrected chi connectivity index (χ0v) is 22.9. The van der Waals surface area contributed by atoms with Crippen LogP contribution in [0.4, 0.5) is 0 Å². The molecule has 3 saturated carbocycles. The molecule has 5 heteroatoms. The van der Waals surface area contributed by atoms with Crippen LogP contribution in [0.3, 0.4) is 0 Å². The van der Waals surface area contributed by atoms with E-state index in [9.17, 15) is 9.90 Å². The van der Waals surface area contributed by atoms with E-state index in [1.807, 2.05) is 12.1 Å². The third kappa shape index (κ3) is 3.93. The highest BCUT2D eigenvalue weighted by Crippen LogP contribution is 2.70. The molecule has 1 spiro atoms. The lowest BCUT2D eigenvalue weighted by Gasteiger charge is -2.67. The Morgan fingerprint density at radius 3 is 2.68 bits per heavy atom. The number of halogens is 1. The maximum absolute atomic E-state index is 13.5. The number of piperidine rings is 1. The summed E-state index contributed by atoms with van der Waals surface area (Å²) in [5.41, 5.74) is 4.47. The van der Waals surface area contributed by atoms with E-state index >= 15 is 0 Å². The Kier molecular flexibility index (Phi) is 6.35. The number of benzene rings is 2. The van der Waals surface area contributed by atoms with Gasteiger partial charge in [-0.2, -0.15) is 0 Å². The second-order valence-corrected chi connectivity index (χ2v) is 12.8. The maximum Gasteiger partial charge on any atom is 0.222 e. The molecule has 2 aromatic rings. The van der Waals surface area contributed by atoms with E-state index in [0.717, 1.165) is 25.2 Å². The highest BCUT2D eigenvalue weighted by atomic mass is 35.5. The number of phenols is 1. The van der Waals surface area contributed by atoms with Crippen LogP contribution in [0, 0.1) is 17.3 Å². The molecule has 7 rings (SSSR count). The van der Waals surface area contributed by atoms with Gasteiger partial charge in [-0.3, -0.25) is 9.69 Å². The smallest absolute Gasteiger partial charge is 0.222 e. The summed E-state index contributed by atoms with van der Waals surface area (Å²) in [5.74, 6) is 2.20. The molecule has 37 heavy (non-hydrogen) atoms. The summed E-state index contributed by atoms with van der Waals surface area (Å²) >= 11 is 0. The van der Waals surface area contributed by atoms with Crippen LogP contribution in [0.2, 0.25) is 0 Å². The lowest BCUT2D eigenvalue weighted by molar-refractivity contribution is -0.154. The number of aromatic hydroxyl groups is 1. The number of phenolic OH excluding ortho intramolecular Hbond substituents is 1. The summed E-state index contributed by atoms with van der Waals surface area (Å²) < 4.78 is 0. The van der Waals surface area contributed by atoms with Crippen LogP contribution in [-0.2, 0) is 23.1 Å². The van der Waals surface area contributed by atoms with E-state index < -0.39 is 0 Å². The van der Waals surface area contributed by atoms with Gasteiger partial charge in [-0.05, 0) is 105 Å². The first-order valence-electron chi connectivity index (χ1n) is 14.4. The summed E-state index contributed by atoms with van der Waals surface area (Å²) in [5, 5.41) is 10.5. The summed E-state index contributed by atoms with van der Waals surface area (Å²) in [6.07, 6.45) is 11.3. The van der Waals surface area contributed by atoms with Crippen molar-refractivity contribution in [1.29, 1.82) is 0 Å². The van der Waals surface area contributed by atoms with Gasteiger partial charge in [0.2, 0.25) is 5.91 Å². The van der Waals surface area contributed by atoms with Gasteiger partial charge in [-0.25, -0.2) is 0 Å². The van der Waals surface area contributed by atoms with Crippen LogP contribution in [-0.4, -0.2) is 53.0 Å². The predicted molar refractivity (Wildman–Crippen MR) is 149 cm³/mol. The summed E-state index contributed by atoms with van der Waals surface area (Å²) in [6, 6.07) is 17.6. The minimum atomic E-state index is 0. The van der Waals surface area contributed by atoms with Gasteiger partial charge >= 0.3 is 0 Å². The first-order valence-corrected chi connectivity index (χ1v) is 14.4. The molecule has 1 amide bonds. The quantitative estimate of drug-likeness (QED) is 0.528. The lowest BCUT2D eigenvalue weighted by Crippen LogP contribution is -2.70. The second kappa shape index (κ2) is 9.31. The maximum atomic E-state index is 13.5. The Balaban J connectivity index is 0.00000252. The molecular weight excluding hydrogens is 480 g/mol. The van der Waals surface area contributed by atoms with E-state index in [2.05, 4.69) is 53.2 Å². The molecule has 4 fully saturated rings. The van der Waals surface area contributed by atoms with Crippen molar-refractivity contribution >= 4 is 18.3 Å². The molecule has 1 aliphatic heterocycles. The van der Waals surface area contributed by atoms with Gasteiger partial charge in [0.15, 0.2) is 0 Å². The number of amides is 1. The number of hydrogen-bond acceptors (Lipinski definition) is 3. The van der Waals surface area contributed by atoms with E-state index in [0.29, 0.717) is 30.2 Å². The molecule has 1 saturated heterocycles. The third-order valence-corrected chi connectivity index (χ3v) is 11.1. The zero-order valence-electron chi connectivity index (χ0n) is 22.1. The molecule has 0 aromatic heterocycles. The molecule has 4 aliphatic carbocycles. The molecule has 0 unspecified atom stereocenters. The predicted octanol–water partition coefficient (Wildman–Crippen LogP) is 5.74. The van der Waals surface area contributed by atoms with E-state index in [4.69, 9.17) is 0 Å². The Labute approximate surface area is 227 Å². The van der Waals surface area contributed by atoms with Gasteiger partial charge in [-0.1, -0.05) is 36.4 Å². The molecule has 2 bridgehead atoms. The van der Waals surface area contributed by atoms with Crippen molar-refractivity contribution in [2.45, 2.75) is 81.7 Å². The van der Waals surface area contributed by atoms with Crippen LogP contribution >= 0.6 is 12.4 Å². The fraction of sp³-hybridized carbons (Fsp3) is 0.594. The van der Waals surface area contributed by atoms with Crippen molar-refractivity contribution < 1.29 is 9.90 Å². The third-order valence-electron chi connectivity index (χ3n) is 11.1. The van der Waals surface area contributed by atoms with Crippen molar-refractivity contribution in [2.24, 2.45) is 17.3 Å². The molecule has 1 N–H and O–H groups in total. The highest BCUT2D eigenvalue weighted by molar-refractivity contribution is 5.85. The van der Waals surface area contributed by atoms with Crippen molar-refractivity contribution in [3.05, 3.63) is 65.2 Å². The minimum Gasteiger partial charge on any atom is -0.508 e. The van der Waals surface area contributed by atoms with Crippen LogP contribution in [0.25, 0.3) is 0 Å². The number of aryl methyl sites for hydroxylation is 1. The van der Waals surface area contributed by atoms with Gasteiger partial charge in [0.1, 0.15) is 5.75 Å². The highest BCUT2D eigenvalue weighted by Gasteiger charge is 2.69. The van der Waals surface area contributed by atoms with Gasteiger partial charge in [0.05, 0.1) is 0 Å². The number of carbonyl (C=O) groups is 1. The van der Waals surface area contributed by atoms with Crippen molar-refractivity contribution in [1.82, 2.24) is 9.80 Å². The van der Waals surface area contributed by atoms with Crippen molar-refractivity contribution in [3.63, 3.8) is 0 Å². The summed E-state index contributed by atoms with van der Waals surface area (Å²) in [6.45, 7) is 2.46. The van der Waals surface area contributed by atoms with Crippen LogP contribution in [0.15, 0.2) is 48.5 Å². The Hall–Kier alpha value is -2.04.